The smallest absolute Gasteiger partial charge is 0.337 e. The highest BCUT2D eigenvalue weighted by atomic mass is 16.5. The van der Waals surface area contributed by atoms with E-state index in [1.54, 1.807) is 12.1 Å². The van der Waals surface area contributed by atoms with Crippen molar-refractivity contribution in [3.63, 3.8) is 0 Å². The minimum Gasteiger partial charge on any atom is -0.508 e. The van der Waals surface area contributed by atoms with Crippen LogP contribution in [0, 0.1) is 0 Å². The Hall–Kier alpha value is -1.81. The average molecular weight is 222 g/mol. The predicted molar refractivity (Wildman–Crippen MR) is 59.4 cm³/mol. The van der Waals surface area contributed by atoms with Crippen molar-refractivity contribution in [3.05, 3.63) is 42.0 Å². The molecule has 16 heavy (non-hydrogen) atoms. The van der Waals surface area contributed by atoms with E-state index in [0.29, 0.717) is 17.5 Å². The molecule has 86 valence electrons. The highest BCUT2D eigenvalue weighted by Gasteiger charge is 2.19. The van der Waals surface area contributed by atoms with Crippen molar-refractivity contribution < 1.29 is 19.7 Å². The number of aromatic hydroxyl groups is 1. The molecule has 0 radical (unpaired) electrons. The number of hydrogen-bond donors (Lipinski definition) is 2. The third-order valence-corrected chi connectivity index (χ3v) is 2.23. The lowest BCUT2D eigenvalue weighted by Gasteiger charge is -2.12. The standard InChI is InChI=1S/C12H14O4/c1-3-4-8-7-9(5-6-10(8)13)11(16-2)12(14)15/h3,5-7,11,13H,1,4H2,2H3,(H,14,15). The summed E-state index contributed by atoms with van der Waals surface area (Å²) < 4.78 is 4.86. The van der Waals surface area contributed by atoms with E-state index in [1.807, 2.05) is 0 Å². The number of aliphatic carboxylic acids is 1. The van der Waals surface area contributed by atoms with Crippen LogP contribution >= 0.6 is 0 Å². The van der Waals surface area contributed by atoms with Gasteiger partial charge < -0.3 is 14.9 Å². The Morgan fingerprint density at radius 3 is 2.81 bits per heavy atom. The first kappa shape index (κ1) is 12.3. The second-order valence-electron chi connectivity index (χ2n) is 3.33. The van der Waals surface area contributed by atoms with Crippen molar-refractivity contribution in [2.75, 3.05) is 7.11 Å². The van der Waals surface area contributed by atoms with Crippen LogP contribution in [0.2, 0.25) is 0 Å². The molecule has 1 unspecified atom stereocenters. The number of carboxylic acids is 1. The summed E-state index contributed by atoms with van der Waals surface area (Å²) in [5, 5.41) is 18.4. The van der Waals surface area contributed by atoms with E-state index in [9.17, 15) is 9.90 Å². The van der Waals surface area contributed by atoms with E-state index in [2.05, 4.69) is 6.58 Å². The Labute approximate surface area is 93.8 Å². The summed E-state index contributed by atoms with van der Waals surface area (Å²) in [5.74, 6) is -0.929. The molecule has 1 aromatic carbocycles. The molecule has 0 spiro atoms. The van der Waals surface area contributed by atoms with Gasteiger partial charge >= 0.3 is 5.97 Å². The van der Waals surface area contributed by atoms with Crippen molar-refractivity contribution >= 4 is 5.97 Å². The van der Waals surface area contributed by atoms with Crippen molar-refractivity contribution in [2.24, 2.45) is 0 Å². The minimum atomic E-state index is -1.06. The number of phenols is 1. The van der Waals surface area contributed by atoms with Gasteiger partial charge in [0.1, 0.15) is 5.75 Å². The Balaban J connectivity index is 3.09. The maximum atomic E-state index is 10.9. The number of hydrogen-bond acceptors (Lipinski definition) is 3. The zero-order valence-electron chi connectivity index (χ0n) is 9.01. The second-order valence-corrected chi connectivity index (χ2v) is 3.33. The molecular formula is C12H14O4. The van der Waals surface area contributed by atoms with Gasteiger partial charge in [-0.1, -0.05) is 12.1 Å². The van der Waals surface area contributed by atoms with Crippen LogP contribution in [0.25, 0.3) is 0 Å². The highest BCUT2D eigenvalue weighted by Crippen LogP contribution is 2.24. The molecule has 4 heteroatoms. The van der Waals surface area contributed by atoms with E-state index in [4.69, 9.17) is 9.84 Å². The van der Waals surface area contributed by atoms with Crippen molar-refractivity contribution in [2.45, 2.75) is 12.5 Å². The summed E-state index contributed by atoms with van der Waals surface area (Å²) in [5.41, 5.74) is 1.14. The maximum absolute atomic E-state index is 10.9. The molecule has 0 bridgehead atoms. The summed E-state index contributed by atoms with van der Waals surface area (Å²) in [6.07, 6.45) is 1.11. The number of rotatable bonds is 5. The van der Waals surface area contributed by atoms with Crippen LogP contribution in [0.4, 0.5) is 0 Å². The van der Waals surface area contributed by atoms with Crippen molar-refractivity contribution in [1.82, 2.24) is 0 Å². The van der Waals surface area contributed by atoms with Gasteiger partial charge in [-0.2, -0.15) is 0 Å². The Morgan fingerprint density at radius 2 is 2.31 bits per heavy atom. The topological polar surface area (TPSA) is 66.8 Å². The lowest BCUT2D eigenvalue weighted by atomic mass is 10.0. The van der Waals surface area contributed by atoms with Crippen LogP contribution in [0.3, 0.4) is 0 Å². The van der Waals surface area contributed by atoms with Gasteiger partial charge in [-0.3, -0.25) is 0 Å². The highest BCUT2D eigenvalue weighted by molar-refractivity contribution is 5.74. The van der Waals surface area contributed by atoms with Crippen molar-refractivity contribution in [3.8, 4) is 5.75 Å². The normalized spacial score (nSPS) is 12.1. The fourth-order valence-electron chi connectivity index (χ4n) is 1.47. The molecule has 4 nitrogen and oxygen atoms in total. The number of benzene rings is 1. The Bertz CT molecular complexity index is 398. The molecule has 1 atom stereocenters. The molecular weight excluding hydrogens is 208 g/mol. The molecule has 0 heterocycles. The van der Waals surface area contributed by atoms with E-state index >= 15 is 0 Å². The van der Waals surface area contributed by atoms with E-state index < -0.39 is 12.1 Å². The molecule has 0 aromatic heterocycles. The summed E-state index contributed by atoms with van der Waals surface area (Å²) in [6, 6.07) is 4.60. The fraction of sp³-hybridized carbons (Fsp3) is 0.250. The number of carboxylic acid groups (broad SMARTS) is 1. The van der Waals surface area contributed by atoms with E-state index in [0.717, 1.165) is 0 Å². The van der Waals surface area contributed by atoms with Gasteiger partial charge in [-0.05, 0) is 29.7 Å². The average Bonchev–Trinajstić information content (AvgIpc) is 2.23. The van der Waals surface area contributed by atoms with Crippen LogP contribution in [-0.2, 0) is 16.0 Å². The molecule has 1 rings (SSSR count). The molecule has 0 aliphatic rings. The molecule has 0 saturated carbocycles. The fourth-order valence-corrected chi connectivity index (χ4v) is 1.47. The lowest BCUT2D eigenvalue weighted by molar-refractivity contribution is -0.148. The monoisotopic (exact) mass is 222 g/mol. The van der Waals surface area contributed by atoms with Gasteiger partial charge in [0.15, 0.2) is 6.10 Å². The molecule has 0 aliphatic carbocycles. The van der Waals surface area contributed by atoms with Gasteiger partial charge in [0.25, 0.3) is 0 Å². The second kappa shape index (κ2) is 5.32. The van der Waals surface area contributed by atoms with Crippen LogP contribution < -0.4 is 0 Å². The van der Waals surface area contributed by atoms with Gasteiger partial charge in [-0.25, -0.2) is 4.79 Å². The number of allylic oxidation sites excluding steroid dienone is 1. The quantitative estimate of drug-likeness (QED) is 0.746. The third kappa shape index (κ3) is 2.61. The number of methoxy groups -OCH3 is 1. The zero-order chi connectivity index (χ0) is 12.1. The van der Waals surface area contributed by atoms with Gasteiger partial charge in [0, 0.05) is 7.11 Å². The Morgan fingerprint density at radius 1 is 1.62 bits per heavy atom. The minimum absolute atomic E-state index is 0.129. The summed E-state index contributed by atoms with van der Waals surface area (Å²) >= 11 is 0. The lowest BCUT2D eigenvalue weighted by Crippen LogP contribution is -2.13. The molecule has 2 N–H and O–H groups in total. The van der Waals surface area contributed by atoms with Crippen molar-refractivity contribution in [1.29, 1.82) is 0 Å². The number of ether oxygens (including phenoxy) is 1. The van der Waals surface area contributed by atoms with Gasteiger partial charge in [0.2, 0.25) is 0 Å². The first-order valence-electron chi connectivity index (χ1n) is 4.78. The predicted octanol–water partition coefficient (Wildman–Crippen LogP) is 1.89. The van der Waals surface area contributed by atoms with Crippen LogP contribution in [0.15, 0.2) is 30.9 Å². The SMILES string of the molecule is C=CCc1cc(C(OC)C(=O)O)ccc1O. The molecule has 0 fully saturated rings. The first-order chi connectivity index (χ1) is 7.60. The summed E-state index contributed by atoms with van der Waals surface area (Å²) in [7, 11) is 1.33. The van der Waals surface area contributed by atoms with Crippen LogP contribution in [-0.4, -0.2) is 23.3 Å². The maximum Gasteiger partial charge on any atom is 0.337 e. The van der Waals surface area contributed by atoms with Gasteiger partial charge in [0.05, 0.1) is 0 Å². The van der Waals surface area contributed by atoms with Crippen LogP contribution in [0.5, 0.6) is 5.75 Å². The molecule has 0 amide bonds. The molecule has 0 saturated heterocycles. The van der Waals surface area contributed by atoms with E-state index in [1.165, 1.54) is 19.2 Å². The summed E-state index contributed by atoms with van der Waals surface area (Å²) in [6.45, 7) is 3.57. The van der Waals surface area contributed by atoms with Gasteiger partial charge in [-0.15, -0.1) is 6.58 Å². The van der Waals surface area contributed by atoms with E-state index in [-0.39, 0.29) is 5.75 Å². The number of carbonyl (C=O) groups is 1. The largest absolute Gasteiger partial charge is 0.508 e. The molecule has 1 aromatic rings. The summed E-state index contributed by atoms with van der Waals surface area (Å²) in [4.78, 5) is 10.9. The Kier molecular flexibility index (Phi) is 4.08. The number of phenolic OH excluding ortho intramolecular Hbond substituents is 1. The third-order valence-electron chi connectivity index (χ3n) is 2.23. The molecule has 0 aliphatic heterocycles. The first-order valence-corrected chi connectivity index (χ1v) is 4.78. The van der Waals surface area contributed by atoms with Crippen LogP contribution in [0.1, 0.15) is 17.2 Å². The zero-order valence-corrected chi connectivity index (χ0v) is 9.01.